The van der Waals surface area contributed by atoms with Crippen LogP contribution < -0.4 is 21.9 Å². The van der Waals surface area contributed by atoms with Crippen LogP contribution in [0, 0.1) is 0 Å². The minimum absolute atomic E-state index is 0.149. The van der Waals surface area contributed by atoms with Crippen molar-refractivity contribution >= 4 is 22.7 Å². The molecule has 2 aromatic carbocycles. The monoisotopic (exact) mass is 490 g/mol. The number of nitrogens with one attached hydrogen (secondary N) is 2. The quantitative estimate of drug-likeness (QED) is 0.324. The Hall–Kier alpha value is -4.44. The number of hydrogen-bond donors (Lipinski definition) is 2. The molecule has 0 fully saturated rings. The number of rotatable bonds is 10. The molecule has 0 saturated heterocycles. The molecule has 0 aliphatic heterocycles. The summed E-state index contributed by atoms with van der Waals surface area (Å²) < 4.78 is 12.4. The topological polar surface area (TPSA) is 125 Å². The molecule has 0 saturated carbocycles. The number of carbonyl (C=O) groups is 2. The molecule has 186 valence electrons. The van der Waals surface area contributed by atoms with Crippen molar-refractivity contribution in [2.45, 2.75) is 19.5 Å². The lowest BCUT2D eigenvalue weighted by Gasteiger charge is -2.14. The molecule has 0 spiro atoms. The van der Waals surface area contributed by atoms with Gasteiger partial charge in [-0.1, -0.05) is 24.3 Å². The maximum Gasteiger partial charge on any atom is 0.336 e. The maximum atomic E-state index is 13.4. The van der Waals surface area contributed by atoms with Crippen molar-refractivity contribution < 1.29 is 18.7 Å². The van der Waals surface area contributed by atoms with Gasteiger partial charge in [-0.2, -0.15) is 0 Å². The Labute approximate surface area is 206 Å². The van der Waals surface area contributed by atoms with Crippen molar-refractivity contribution in [3.05, 3.63) is 99.1 Å². The van der Waals surface area contributed by atoms with Gasteiger partial charge in [-0.25, -0.2) is 9.36 Å². The van der Waals surface area contributed by atoms with Crippen LogP contribution in [0.3, 0.4) is 0 Å². The number of nitrogens with zero attached hydrogens (tertiary/aromatic N) is 2. The summed E-state index contributed by atoms with van der Waals surface area (Å²) in [7, 11) is 1.56. The van der Waals surface area contributed by atoms with Crippen molar-refractivity contribution in [3.63, 3.8) is 0 Å². The third-order valence-corrected chi connectivity index (χ3v) is 5.58. The lowest BCUT2D eigenvalue weighted by atomic mass is 10.1. The van der Waals surface area contributed by atoms with Gasteiger partial charge in [-0.15, -0.1) is 0 Å². The summed E-state index contributed by atoms with van der Waals surface area (Å²) in [6.07, 6.45) is 1.66. The van der Waals surface area contributed by atoms with Crippen LogP contribution in [-0.4, -0.2) is 41.2 Å². The van der Waals surface area contributed by atoms with E-state index in [9.17, 15) is 19.2 Å². The number of furan rings is 1. The summed E-state index contributed by atoms with van der Waals surface area (Å²) >= 11 is 0. The van der Waals surface area contributed by atoms with Crippen LogP contribution in [0.25, 0.3) is 16.6 Å². The van der Waals surface area contributed by atoms with E-state index in [0.29, 0.717) is 35.5 Å². The van der Waals surface area contributed by atoms with E-state index in [2.05, 4.69) is 10.6 Å². The number of ether oxygens (including phenoxy) is 1. The van der Waals surface area contributed by atoms with Gasteiger partial charge in [0, 0.05) is 13.7 Å². The van der Waals surface area contributed by atoms with Crippen LogP contribution in [0.1, 0.15) is 11.3 Å². The highest BCUT2D eigenvalue weighted by atomic mass is 16.5. The van der Waals surface area contributed by atoms with Gasteiger partial charge >= 0.3 is 5.69 Å². The molecular formula is C26H26N4O6. The molecule has 36 heavy (non-hydrogen) atoms. The fourth-order valence-corrected chi connectivity index (χ4v) is 3.80. The van der Waals surface area contributed by atoms with Gasteiger partial charge in [0.15, 0.2) is 0 Å². The van der Waals surface area contributed by atoms with E-state index in [-0.39, 0.29) is 25.4 Å². The predicted octanol–water partition coefficient (Wildman–Crippen LogP) is 1.37. The Morgan fingerprint density at radius 1 is 0.944 bits per heavy atom. The van der Waals surface area contributed by atoms with Gasteiger partial charge < -0.3 is 19.8 Å². The molecule has 4 rings (SSSR count). The number of para-hydroxylation sites is 1. The Kier molecular flexibility index (Phi) is 7.76. The number of aromatic nitrogens is 2. The average Bonchev–Trinajstić information content (AvgIpc) is 3.40. The summed E-state index contributed by atoms with van der Waals surface area (Å²) in [6, 6.07) is 16.7. The fourth-order valence-electron chi connectivity index (χ4n) is 3.80. The Morgan fingerprint density at radius 3 is 2.44 bits per heavy atom. The first-order valence-corrected chi connectivity index (χ1v) is 11.4. The van der Waals surface area contributed by atoms with E-state index in [1.165, 1.54) is 10.8 Å². The van der Waals surface area contributed by atoms with Crippen LogP contribution >= 0.6 is 0 Å². The SMILES string of the molecule is COCCNC(=O)Cc1ccc(-n2c(=O)c3ccccc3n(CC(=O)NCc3ccco3)c2=O)cc1. The zero-order valence-electron chi connectivity index (χ0n) is 19.7. The second-order valence-electron chi connectivity index (χ2n) is 8.07. The van der Waals surface area contributed by atoms with Gasteiger partial charge in [0.1, 0.15) is 12.3 Å². The molecule has 2 heterocycles. The Morgan fingerprint density at radius 2 is 1.72 bits per heavy atom. The summed E-state index contributed by atoms with van der Waals surface area (Å²) in [6.45, 7) is 0.732. The molecule has 4 aromatic rings. The van der Waals surface area contributed by atoms with E-state index in [1.54, 1.807) is 67.8 Å². The van der Waals surface area contributed by atoms with E-state index < -0.39 is 17.2 Å². The minimum Gasteiger partial charge on any atom is -0.467 e. The first-order chi connectivity index (χ1) is 17.5. The molecular weight excluding hydrogens is 464 g/mol. The molecule has 0 radical (unpaired) electrons. The van der Waals surface area contributed by atoms with Crippen LogP contribution in [0.5, 0.6) is 0 Å². The molecule has 0 aliphatic rings. The number of benzene rings is 2. The highest BCUT2D eigenvalue weighted by Gasteiger charge is 2.17. The lowest BCUT2D eigenvalue weighted by Crippen LogP contribution is -2.41. The van der Waals surface area contributed by atoms with E-state index in [0.717, 1.165) is 10.1 Å². The molecule has 2 amide bonds. The summed E-state index contributed by atoms with van der Waals surface area (Å²) in [5.74, 6) is 0.0160. The van der Waals surface area contributed by atoms with Crippen LogP contribution in [-0.2, 0) is 33.8 Å². The van der Waals surface area contributed by atoms with Crippen LogP contribution in [0.4, 0.5) is 0 Å². The standard InChI is InChI=1S/C26H26N4O6/c1-35-14-12-27-23(31)15-18-8-10-19(11-9-18)30-25(33)21-6-2-3-7-22(21)29(26(30)34)17-24(32)28-16-20-5-4-13-36-20/h2-11,13H,12,14-17H2,1H3,(H,27,31)(H,28,32). The average molecular weight is 491 g/mol. The molecule has 10 heteroatoms. The van der Waals surface area contributed by atoms with Gasteiger partial charge in [-0.3, -0.25) is 19.0 Å². The number of hydrogen-bond acceptors (Lipinski definition) is 6. The zero-order valence-corrected chi connectivity index (χ0v) is 19.7. The second-order valence-corrected chi connectivity index (χ2v) is 8.07. The highest BCUT2D eigenvalue weighted by molar-refractivity contribution is 5.82. The zero-order chi connectivity index (χ0) is 25.5. The second kappa shape index (κ2) is 11.3. The number of methoxy groups -OCH3 is 1. The van der Waals surface area contributed by atoms with Crippen LogP contribution in [0.2, 0.25) is 0 Å². The summed E-state index contributed by atoms with van der Waals surface area (Å²) in [4.78, 5) is 51.4. The number of amides is 2. The lowest BCUT2D eigenvalue weighted by molar-refractivity contribution is -0.122. The van der Waals surface area contributed by atoms with Gasteiger partial charge in [0.25, 0.3) is 5.56 Å². The summed E-state index contributed by atoms with van der Waals surface area (Å²) in [5.41, 5.74) is 0.287. The molecule has 2 N–H and O–H groups in total. The van der Waals surface area contributed by atoms with Gasteiger partial charge in [0.2, 0.25) is 11.8 Å². The van der Waals surface area contributed by atoms with Crippen molar-refractivity contribution in [3.8, 4) is 5.69 Å². The first-order valence-electron chi connectivity index (χ1n) is 11.4. The summed E-state index contributed by atoms with van der Waals surface area (Å²) in [5, 5.41) is 5.77. The van der Waals surface area contributed by atoms with E-state index >= 15 is 0 Å². The van der Waals surface area contributed by atoms with Crippen molar-refractivity contribution in [2.75, 3.05) is 20.3 Å². The van der Waals surface area contributed by atoms with E-state index in [4.69, 9.17) is 9.15 Å². The maximum absolute atomic E-state index is 13.4. The Balaban J connectivity index is 1.62. The fraction of sp³-hybridized carbons (Fsp3) is 0.231. The molecule has 0 atom stereocenters. The molecule has 0 bridgehead atoms. The third kappa shape index (κ3) is 5.61. The largest absolute Gasteiger partial charge is 0.467 e. The van der Waals surface area contributed by atoms with Crippen molar-refractivity contribution in [1.82, 2.24) is 19.8 Å². The molecule has 0 unspecified atom stereocenters. The highest BCUT2D eigenvalue weighted by Crippen LogP contribution is 2.12. The molecule has 0 aliphatic carbocycles. The first kappa shape index (κ1) is 24.7. The smallest absolute Gasteiger partial charge is 0.336 e. The van der Waals surface area contributed by atoms with Gasteiger partial charge in [-0.05, 0) is 42.0 Å². The van der Waals surface area contributed by atoms with Crippen LogP contribution in [0.15, 0.2) is 80.9 Å². The minimum atomic E-state index is -0.642. The normalized spacial score (nSPS) is 10.9. The third-order valence-electron chi connectivity index (χ3n) is 5.58. The predicted molar refractivity (Wildman–Crippen MR) is 133 cm³/mol. The molecule has 10 nitrogen and oxygen atoms in total. The van der Waals surface area contributed by atoms with E-state index in [1.807, 2.05) is 0 Å². The Bertz CT molecular complexity index is 1470. The van der Waals surface area contributed by atoms with Crippen molar-refractivity contribution in [1.29, 1.82) is 0 Å². The van der Waals surface area contributed by atoms with Gasteiger partial charge in [0.05, 0.1) is 42.4 Å². The number of carbonyl (C=O) groups excluding carboxylic acids is 2. The molecule has 2 aromatic heterocycles. The number of fused-ring (bicyclic) bond motifs is 1. The van der Waals surface area contributed by atoms with Crippen molar-refractivity contribution in [2.24, 2.45) is 0 Å².